The summed E-state index contributed by atoms with van der Waals surface area (Å²) in [5.74, 6) is -0.0244. The molecule has 7 nitrogen and oxygen atoms in total. The molecule has 2 atom stereocenters. The highest BCUT2D eigenvalue weighted by Crippen LogP contribution is 2.48. The number of esters is 1. The van der Waals surface area contributed by atoms with Gasteiger partial charge in [-0.1, -0.05) is 41.7 Å². The number of benzene rings is 1. The Labute approximate surface area is 189 Å². The number of carbonyl (C=O) groups excluding carboxylic acids is 3. The first-order valence-corrected chi connectivity index (χ1v) is 12.1. The van der Waals surface area contributed by atoms with E-state index in [1.807, 2.05) is 37.3 Å². The summed E-state index contributed by atoms with van der Waals surface area (Å²) in [5.41, 5.74) is 1.48. The predicted molar refractivity (Wildman–Crippen MR) is 121 cm³/mol. The number of fused-ring (bicyclic) bond motifs is 1. The van der Waals surface area contributed by atoms with Gasteiger partial charge in [0.15, 0.2) is 5.13 Å². The molecule has 9 heteroatoms. The van der Waals surface area contributed by atoms with E-state index < -0.39 is 12.0 Å². The number of hydrogen-bond acceptors (Lipinski definition) is 7. The second-order valence-corrected chi connectivity index (χ2v) is 10.3. The van der Waals surface area contributed by atoms with Gasteiger partial charge in [-0.3, -0.25) is 14.5 Å². The first-order valence-electron chi connectivity index (χ1n) is 10.3. The van der Waals surface area contributed by atoms with Crippen LogP contribution >= 0.6 is 23.1 Å². The molecule has 2 fully saturated rings. The van der Waals surface area contributed by atoms with Crippen molar-refractivity contribution < 1.29 is 19.1 Å². The fraction of sp³-hybridized carbons (Fsp3) is 0.455. The van der Waals surface area contributed by atoms with Crippen LogP contribution in [0.15, 0.2) is 30.3 Å². The Balaban J connectivity index is 1.69. The summed E-state index contributed by atoms with van der Waals surface area (Å²) in [6, 6.07) is 9.11. The zero-order valence-electron chi connectivity index (χ0n) is 17.8. The maximum atomic E-state index is 13.8. The van der Waals surface area contributed by atoms with Gasteiger partial charge < -0.3 is 9.64 Å². The van der Waals surface area contributed by atoms with E-state index >= 15 is 0 Å². The SMILES string of the molecule is CCOC(=O)c1sc(N(Cc2ccccc2)C(=O)C2CSC3(C)CCC(=O)N23)nc1C. The van der Waals surface area contributed by atoms with Crippen LogP contribution in [0.5, 0.6) is 0 Å². The van der Waals surface area contributed by atoms with E-state index in [9.17, 15) is 14.4 Å². The summed E-state index contributed by atoms with van der Waals surface area (Å²) >= 11 is 2.82. The number of thiazole rings is 1. The highest BCUT2D eigenvalue weighted by molar-refractivity contribution is 8.01. The quantitative estimate of drug-likeness (QED) is 0.614. The first kappa shape index (κ1) is 21.8. The minimum Gasteiger partial charge on any atom is -0.462 e. The molecule has 2 aliphatic rings. The third-order valence-electron chi connectivity index (χ3n) is 5.66. The summed E-state index contributed by atoms with van der Waals surface area (Å²) < 4.78 is 5.14. The molecule has 0 spiro atoms. The average Bonchev–Trinajstić information content (AvgIpc) is 3.39. The fourth-order valence-electron chi connectivity index (χ4n) is 4.07. The number of carbonyl (C=O) groups is 3. The van der Waals surface area contributed by atoms with Crippen LogP contribution in [-0.4, -0.2) is 50.9 Å². The zero-order valence-corrected chi connectivity index (χ0v) is 19.4. The molecule has 2 saturated heterocycles. The Kier molecular flexibility index (Phi) is 6.07. The van der Waals surface area contributed by atoms with E-state index in [-0.39, 0.29) is 23.3 Å². The maximum absolute atomic E-state index is 13.8. The van der Waals surface area contributed by atoms with Crippen molar-refractivity contribution in [1.82, 2.24) is 9.88 Å². The standard InChI is InChI=1S/C22H25N3O4S2/c1-4-29-20(28)18-14(2)23-21(31-18)24(12-15-8-6-5-7-9-15)19(27)16-13-30-22(3)11-10-17(26)25(16)22/h5-9,16H,4,10-13H2,1-3H3. The molecular formula is C22H25N3O4S2. The lowest BCUT2D eigenvalue weighted by atomic mass is 10.1. The molecular weight excluding hydrogens is 434 g/mol. The molecule has 4 rings (SSSR count). The molecule has 2 aromatic rings. The average molecular weight is 460 g/mol. The van der Waals surface area contributed by atoms with Crippen molar-refractivity contribution in [3.63, 3.8) is 0 Å². The maximum Gasteiger partial charge on any atom is 0.350 e. The third-order valence-corrected chi connectivity index (χ3v) is 8.32. The smallest absolute Gasteiger partial charge is 0.350 e. The van der Waals surface area contributed by atoms with Crippen LogP contribution in [-0.2, 0) is 20.9 Å². The molecule has 0 bridgehead atoms. The third kappa shape index (κ3) is 4.08. The van der Waals surface area contributed by atoms with Gasteiger partial charge in [-0.2, -0.15) is 0 Å². The fourth-order valence-corrected chi connectivity index (χ4v) is 6.46. The van der Waals surface area contributed by atoms with E-state index in [0.717, 1.165) is 23.3 Å². The van der Waals surface area contributed by atoms with Crippen LogP contribution < -0.4 is 4.90 Å². The molecule has 2 amide bonds. The molecule has 1 aromatic heterocycles. The minimum atomic E-state index is -0.538. The Morgan fingerprint density at radius 2 is 2.06 bits per heavy atom. The molecule has 0 aliphatic carbocycles. The van der Waals surface area contributed by atoms with Crippen LogP contribution in [0.25, 0.3) is 0 Å². The van der Waals surface area contributed by atoms with E-state index in [4.69, 9.17) is 4.74 Å². The molecule has 3 heterocycles. The highest BCUT2D eigenvalue weighted by Gasteiger charge is 2.54. The number of aryl methyl sites for hydroxylation is 1. The molecule has 1 aromatic carbocycles. The normalized spacial score (nSPS) is 22.5. The number of nitrogens with zero attached hydrogens (tertiary/aromatic N) is 3. The monoisotopic (exact) mass is 459 g/mol. The summed E-state index contributed by atoms with van der Waals surface area (Å²) in [4.78, 5) is 46.6. The zero-order chi connectivity index (χ0) is 22.2. The van der Waals surface area contributed by atoms with Gasteiger partial charge in [0.25, 0.3) is 5.91 Å². The van der Waals surface area contributed by atoms with Crippen molar-refractivity contribution in [2.24, 2.45) is 0 Å². The number of thioether (sulfide) groups is 1. The molecule has 0 N–H and O–H groups in total. The van der Waals surface area contributed by atoms with Gasteiger partial charge in [-0.25, -0.2) is 9.78 Å². The van der Waals surface area contributed by atoms with Gasteiger partial charge in [-0.15, -0.1) is 11.8 Å². The van der Waals surface area contributed by atoms with Crippen LogP contribution in [0.1, 0.15) is 47.6 Å². The van der Waals surface area contributed by atoms with Crippen LogP contribution in [0, 0.1) is 6.92 Å². The first-order chi connectivity index (χ1) is 14.8. The van der Waals surface area contributed by atoms with Crippen LogP contribution in [0.2, 0.25) is 0 Å². The van der Waals surface area contributed by atoms with Crippen molar-refractivity contribution in [3.05, 3.63) is 46.5 Å². The Morgan fingerprint density at radius 3 is 2.77 bits per heavy atom. The van der Waals surface area contributed by atoms with Crippen molar-refractivity contribution in [1.29, 1.82) is 0 Å². The van der Waals surface area contributed by atoms with Gasteiger partial charge in [0.1, 0.15) is 10.9 Å². The van der Waals surface area contributed by atoms with Crippen molar-refractivity contribution >= 4 is 46.0 Å². The van der Waals surface area contributed by atoms with Crippen molar-refractivity contribution in [3.8, 4) is 0 Å². The van der Waals surface area contributed by atoms with Crippen molar-refractivity contribution in [2.45, 2.75) is 51.1 Å². The number of ether oxygens (including phenoxy) is 1. The van der Waals surface area contributed by atoms with Gasteiger partial charge in [0.05, 0.1) is 23.7 Å². The molecule has 31 heavy (non-hydrogen) atoms. The number of rotatable bonds is 6. The van der Waals surface area contributed by atoms with Gasteiger partial charge in [-0.05, 0) is 32.8 Å². The van der Waals surface area contributed by atoms with E-state index in [1.165, 1.54) is 0 Å². The Hall–Kier alpha value is -2.39. The van der Waals surface area contributed by atoms with E-state index in [1.54, 1.807) is 35.4 Å². The molecule has 2 aliphatic heterocycles. The topological polar surface area (TPSA) is 79.8 Å². The van der Waals surface area contributed by atoms with Gasteiger partial charge in [0.2, 0.25) is 5.91 Å². The number of aromatic nitrogens is 1. The predicted octanol–water partition coefficient (Wildman–Crippen LogP) is 3.62. The van der Waals surface area contributed by atoms with Crippen LogP contribution in [0.4, 0.5) is 5.13 Å². The van der Waals surface area contributed by atoms with Gasteiger partial charge in [0, 0.05) is 12.2 Å². The van der Waals surface area contributed by atoms with E-state index in [0.29, 0.717) is 34.4 Å². The second kappa shape index (κ2) is 8.63. The molecule has 0 saturated carbocycles. The number of hydrogen-bond donors (Lipinski definition) is 0. The summed E-state index contributed by atoms with van der Waals surface area (Å²) in [6.45, 7) is 6.11. The second-order valence-electron chi connectivity index (χ2n) is 7.81. The summed E-state index contributed by atoms with van der Waals surface area (Å²) in [5, 5.41) is 0.444. The Morgan fingerprint density at radius 1 is 1.32 bits per heavy atom. The van der Waals surface area contributed by atoms with Gasteiger partial charge >= 0.3 is 5.97 Å². The lowest BCUT2D eigenvalue weighted by Gasteiger charge is -2.32. The Bertz CT molecular complexity index is 1010. The van der Waals surface area contributed by atoms with Crippen molar-refractivity contribution in [2.75, 3.05) is 17.3 Å². The van der Waals surface area contributed by atoms with Crippen LogP contribution in [0.3, 0.4) is 0 Å². The highest BCUT2D eigenvalue weighted by atomic mass is 32.2. The number of anilines is 1. The largest absolute Gasteiger partial charge is 0.462 e. The molecule has 164 valence electrons. The lowest BCUT2D eigenvalue weighted by molar-refractivity contribution is -0.136. The van der Waals surface area contributed by atoms with E-state index in [2.05, 4.69) is 4.98 Å². The summed E-state index contributed by atoms with van der Waals surface area (Å²) in [6.07, 6.45) is 1.22. The minimum absolute atomic E-state index is 0.0213. The molecule has 0 radical (unpaired) electrons. The molecule has 2 unspecified atom stereocenters. The lowest BCUT2D eigenvalue weighted by Crippen LogP contribution is -2.51. The number of amides is 2. The summed E-state index contributed by atoms with van der Waals surface area (Å²) in [7, 11) is 0.